The summed E-state index contributed by atoms with van der Waals surface area (Å²) in [5, 5.41) is 11.6. The molecule has 2 fully saturated rings. The number of benzene rings is 1. The Bertz CT molecular complexity index is 965. The van der Waals surface area contributed by atoms with E-state index in [9.17, 15) is 14.0 Å². The Kier molecular flexibility index (Phi) is 3.83. The lowest BCUT2D eigenvalue weighted by atomic mass is 10.1. The van der Waals surface area contributed by atoms with Crippen molar-refractivity contribution in [2.75, 3.05) is 25.0 Å². The molecular formula is C17H17F2N3O4. The molecule has 1 saturated heterocycles. The molecule has 9 heteroatoms. The fourth-order valence-electron chi connectivity index (χ4n) is 3.35. The zero-order valence-electron chi connectivity index (χ0n) is 14.0. The van der Waals surface area contributed by atoms with Gasteiger partial charge in [-0.1, -0.05) is 0 Å². The molecule has 1 aromatic carbocycles. The number of carbonyl (C=O) groups is 1. The minimum atomic E-state index is -1.65. The Morgan fingerprint density at radius 2 is 2.04 bits per heavy atom. The SMILES string of the molecule is CNC1CN(c2c(F)cc3c(=O)c(OC(=O)O)cn(C4CC4)c3c2F)C1. The Morgan fingerprint density at radius 3 is 2.62 bits per heavy atom. The van der Waals surface area contributed by atoms with Crippen LogP contribution in [-0.2, 0) is 0 Å². The summed E-state index contributed by atoms with van der Waals surface area (Å²) in [5.41, 5.74) is -1.02. The van der Waals surface area contributed by atoms with Crippen LogP contribution in [0.1, 0.15) is 18.9 Å². The smallest absolute Gasteiger partial charge is 0.449 e. The average molecular weight is 365 g/mol. The zero-order chi connectivity index (χ0) is 18.6. The van der Waals surface area contributed by atoms with E-state index in [0.29, 0.717) is 13.1 Å². The van der Waals surface area contributed by atoms with Gasteiger partial charge in [-0.25, -0.2) is 13.6 Å². The fraction of sp³-hybridized carbons (Fsp3) is 0.412. The van der Waals surface area contributed by atoms with Gasteiger partial charge in [-0.05, 0) is 26.0 Å². The van der Waals surface area contributed by atoms with Gasteiger partial charge >= 0.3 is 6.16 Å². The van der Waals surface area contributed by atoms with Crippen molar-refractivity contribution < 1.29 is 23.4 Å². The van der Waals surface area contributed by atoms with Crippen LogP contribution in [0, 0.1) is 11.6 Å². The van der Waals surface area contributed by atoms with Gasteiger partial charge in [0.1, 0.15) is 11.5 Å². The Labute approximate surface area is 146 Å². The third kappa shape index (κ3) is 2.59. The summed E-state index contributed by atoms with van der Waals surface area (Å²) in [5.74, 6) is -2.11. The number of nitrogens with zero attached hydrogens (tertiary/aromatic N) is 2. The molecule has 2 heterocycles. The van der Waals surface area contributed by atoms with Gasteiger partial charge in [-0.2, -0.15) is 0 Å². The highest BCUT2D eigenvalue weighted by molar-refractivity contribution is 5.86. The number of carboxylic acid groups (broad SMARTS) is 1. The van der Waals surface area contributed by atoms with Crippen LogP contribution in [0.2, 0.25) is 0 Å². The van der Waals surface area contributed by atoms with Gasteiger partial charge in [-0.3, -0.25) is 4.79 Å². The van der Waals surface area contributed by atoms with Crippen LogP contribution in [0.15, 0.2) is 17.1 Å². The van der Waals surface area contributed by atoms with Gasteiger partial charge in [0.05, 0.1) is 17.1 Å². The molecule has 0 amide bonds. The lowest BCUT2D eigenvalue weighted by Gasteiger charge is -2.41. The molecule has 0 bridgehead atoms. The van der Waals surface area contributed by atoms with Crippen molar-refractivity contribution in [2.24, 2.45) is 0 Å². The van der Waals surface area contributed by atoms with E-state index in [1.807, 2.05) is 0 Å². The molecule has 1 aliphatic carbocycles. The van der Waals surface area contributed by atoms with Gasteiger partial charge in [0.2, 0.25) is 5.43 Å². The second-order valence-corrected chi connectivity index (χ2v) is 6.64. The van der Waals surface area contributed by atoms with Gasteiger partial charge in [0.15, 0.2) is 11.6 Å². The maximum atomic E-state index is 15.2. The highest BCUT2D eigenvalue weighted by atomic mass is 19.1. The topological polar surface area (TPSA) is 83.8 Å². The van der Waals surface area contributed by atoms with Crippen LogP contribution in [0.5, 0.6) is 5.75 Å². The minimum absolute atomic E-state index is 0.0143. The fourth-order valence-corrected chi connectivity index (χ4v) is 3.35. The summed E-state index contributed by atoms with van der Waals surface area (Å²) in [6.45, 7) is 0.924. The van der Waals surface area contributed by atoms with Gasteiger partial charge < -0.3 is 24.6 Å². The molecule has 2 N–H and O–H groups in total. The summed E-state index contributed by atoms with van der Waals surface area (Å²) < 4.78 is 35.8. The maximum Gasteiger partial charge on any atom is 0.511 e. The normalized spacial score (nSPS) is 17.4. The minimum Gasteiger partial charge on any atom is -0.449 e. The lowest BCUT2D eigenvalue weighted by Crippen LogP contribution is -2.57. The van der Waals surface area contributed by atoms with Crippen molar-refractivity contribution in [3.8, 4) is 5.75 Å². The maximum absolute atomic E-state index is 15.2. The highest BCUT2D eigenvalue weighted by Crippen LogP contribution is 2.40. The predicted molar refractivity (Wildman–Crippen MR) is 90.1 cm³/mol. The number of fused-ring (bicyclic) bond motifs is 1. The summed E-state index contributed by atoms with van der Waals surface area (Å²) in [4.78, 5) is 24.9. The molecule has 1 aliphatic heterocycles. The van der Waals surface area contributed by atoms with E-state index in [1.165, 1.54) is 10.8 Å². The van der Waals surface area contributed by atoms with Crippen LogP contribution in [0.25, 0.3) is 10.9 Å². The molecule has 138 valence electrons. The Balaban J connectivity index is 1.92. The molecule has 0 spiro atoms. The standard InChI is InChI=1S/C17H17F2N3O4/c1-20-8-5-21(6-8)15-11(18)4-10-14(13(15)19)22(9-2-3-9)7-12(16(10)23)26-17(24)25/h4,7-9,20H,2-3,5-6H2,1H3,(H,24,25). The Hall–Kier alpha value is -2.68. The van der Waals surface area contributed by atoms with Crippen LogP contribution >= 0.6 is 0 Å². The van der Waals surface area contributed by atoms with Crippen molar-refractivity contribution >= 4 is 22.7 Å². The van der Waals surface area contributed by atoms with E-state index in [2.05, 4.69) is 10.1 Å². The second kappa shape index (κ2) is 5.94. The number of hydrogen-bond donors (Lipinski definition) is 2. The number of pyridine rings is 1. The van der Waals surface area contributed by atoms with Crippen LogP contribution in [0.4, 0.5) is 19.3 Å². The number of halogens is 2. The monoisotopic (exact) mass is 365 g/mol. The number of anilines is 1. The first-order chi connectivity index (χ1) is 12.4. The first-order valence-electron chi connectivity index (χ1n) is 8.30. The van der Waals surface area contributed by atoms with E-state index in [-0.39, 0.29) is 28.7 Å². The number of hydrogen-bond acceptors (Lipinski definition) is 5. The summed E-state index contributed by atoms with van der Waals surface area (Å²) in [6, 6.07) is 1.06. The van der Waals surface area contributed by atoms with E-state index in [1.54, 1.807) is 11.9 Å². The molecule has 2 aliphatic rings. The molecule has 0 unspecified atom stereocenters. The van der Waals surface area contributed by atoms with Crippen molar-refractivity contribution in [3.05, 3.63) is 34.1 Å². The van der Waals surface area contributed by atoms with Crippen molar-refractivity contribution in [1.29, 1.82) is 0 Å². The molecule has 26 heavy (non-hydrogen) atoms. The van der Waals surface area contributed by atoms with Crippen molar-refractivity contribution in [2.45, 2.75) is 24.9 Å². The van der Waals surface area contributed by atoms with Crippen LogP contribution < -0.4 is 20.4 Å². The third-order valence-corrected chi connectivity index (χ3v) is 4.89. The summed E-state index contributed by atoms with van der Waals surface area (Å²) in [6.07, 6.45) is 1.08. The highest BCUT2D eigenvalue weighted by Gasteiger charge is 2.34. The van der Waals surface area contributed by atoms with E-state index < -0.39 is 29.0 Å². The molecule has 1 saturated carbocycles. The molecule has 2 aromatic rings. The zero-order valence-corrected chi connectivity index (χ0v) is 14.0. The number of likely N-dealkylation sites (N-methyl/N-ethyl adjacent to an activating group) is 1. The van der Waals surface area contributed by atoms with Crippen LogP contribution in [0.3, 0.4) is 0 Å². The second-order valence-electron chi connectivity index (χ2n) is 6.64. The molecule has 7 nitrogen and oxygen atoms in total. The first-order valence-corrected chi connectivity index (χ1v) is 8.30. The number of rotatable bonds is 4. The van der Waals surface area contributed by atoms with Crippen LogP contribution in [-0.4, -0.2) is 42.0 Å². The number of nitrogens with one attached hydrogen (secondary N) is 1. The van der Waals surface area contributed by atoms with E-state index >= 15 is 4.39 Å². The molecule has 4 rings (SSSR count). The average Bonchev–Trinajstić information content (AvgIpc) is 3.36. The Morgan fingerprint density at radius 1 is 1.35 bits per heavy atom. The first kappa shape index (κ1) is 16.8. The molecule has 1 aromatic heterocycles. The van der Waals surface area contributed by atoms with E-state index in [0.717, 1.165) is 18.9 Å². The van der Waals surface area contributed by atoms with E-state index in [4.69, 9.17) is 5.11 Å². The quantitative estimate of drug-likeness (QED) is 0.807. The largest absolute Gasteiger partial charge is 0.511 e. The predicted octanol–water partition coefficient (Wildman–Crippen LogP) is 2.08. The molecule has 0 radical (unpaired) electrons. The summed E-state index contributed by atoms with van der Waals surface area (Å²) >= 11 is 0. The molecular weight excluding hydrogens is 348 g/mol. The van der Waals surface area contributed by atoms with Gasteiger partial charge in [0, 0.05) is 25.2 Å². The number of aromatic nitrogens is 1. The van der Waals surface area contributed by atoms with Crippen molar-refractivity contribution in [1.82, 2.24) is 9.88 Å². The third-order valence-electron chi connectivity index (χ3n) is 4.89. The number of ether oxygens (including phenoxy) is 1. The van der Waals surface area contributed by atoms with Crippen molar-refractivity contribution in [3.63, 3.8) is 0 Å². The summed E-state index contributed by atoms with van der Waals surface area (Å²) in [7, 11) is 1.78. The lowest BCUT2D eigenvalue weighted by molar-refractivity contribution is 0.143. The van der Waals surface area contributed by atoms with Gasteiger partial charge in [-0.15, -0.1) is 0 Å². The molecule has 0 atom stereocenters. The van der Waals surface area contributed by atoms with Gasteiger partial charge in [0.25, 0.3) is 0 Å².